The Balaban J connectivity index is 0.00000196. The molecule has 1 fully saturated rings. The topological polar surface area (TPSA) is 26.3 Å². The van der Waals surface area contributed by atoms with Crippen LogP contribution >= 0.6 is 11.6 Å². The van der Waals surface area contributed by atoms with Gasteiger partial charge in [0.15, 0.2) is 5.56 Å². The maximum Gasteiger partial charge on any atom is 0.517 e. The predicted octanol–water partition coefficient (Wildman–Crippen LogP) is -0.268. The van der Waals surface area contributed by atoms with Crippen molar-refractivity contribution in [3.63, 3.8) is 0 Å². The first-order chi connectivity index (χ1) is 6.60. The van der Waals surface area contributed by atoms with Crippen molar-refractivity contribution >= 4 is 17.7 Å². The Morgan fingerprint density at radius 1 is 1.40 bits per heavy atom. The number of quaternary nitrogens is 1. The highest BCUT2D eigenvalue weighted by Crippen LogP contribution is 2.21. The van der Waals surface area contributed by atoms with E-state index in [0.29, 0.717) is 4.48 Å². The van der Waals surface area contributed by atoms with Crippen LogP contribution in [-0.4, -0.2) is 35.8 Å². The molecule has 0 radical (unpaired) electrons. The van der Waals surface area contributed by atoms with Gasteiger partial charge >= 0.3 is 6.09 Å². The Bertz CT molecular complexity index is 204. The van der Waals surface area contributed by atoms with Gasteiger partial charge in [0.1, 0.15) is 0 Å². The molecule has 1 rings (SSSR count). The molecule has 90 valence electrons. The molecule has 0 N–H and O–H groups in total. The van der Waals surface area contributed by atoms with Crippen molar-refractivity contribution in [2.24, 2.45) is 0 Å². The van der Waals surface area contributed by atoms with Gasteiger partial charge in [-0.2, -0.15) is 4.79 Å². The van der Waals surface area contributed by atoms with Crippen molar-refractivity contribution in [2.75, 3.05) is 19.6 Å². The molecule has 0 saturated carbocycles. The molecule has 5 heteroatoms. The number of ether oxygens (including phenoxy) is 1. The van der Waals surface area contributed by atoms with Gasteiger partial charge in [0.05, 0.1) is 19.6 Å². The Kier molecular flexibility index (Phi) is 6.57. The Hall–Kier alpha value is 0.01000. The molecule has 3 nitrogen and oxygen atoms in total. The number of nitrogens with zero attached hydrogens (tertiary/aromatic N) is 1. The summed E-state index contributed by atoms with van der Waals surface area (Å²) in [4.78, 5) is 11.8. The first-order valence-electron chi connectivity index (χ1n) is 5.32. The minimum absolute atomic E-state index is 0. The lowest BCUT2D eigenvalue weighted by Crippen LogP contribution is -3.00. The van der Waals surface area contributed by atoms with Gasteiger partial charge in [0, 0.05) is 0 Å². The Labute approximate surface area is 103 Å². The molecule has 1 aliphatic heterocycles. The number of piperidine rings is 1. The molecule has 0 aromatic rings. The first kappa shape index (κ1) is 15.0. The lowest BCUT2D eigenvalue weighted by atomic mass is 10.1. The van der Waals surface area contributed by atoms with Gasteiger partial charge in [-0.25, -0.2) is 4.48 Å². The van der Waals surface area contributed by atoms with Crippen molar-refractivity contribution < 1.29 is 26.4 Å². The summed E-state index contributed by atoms with van der Waals surface area (Å²) >= 11 is 5.66. The molecule has 1 saturated heterocycles. The number of hydrogen-bond donors (Lipinski definition) is 0. The highest BCUT2D eigenvalue weighted by molar-refractivity contribution is 6.19. The molecule has 1 amide bonds. The zero-order valence-electron chi connectivity index (χ0n) is 9.34. The molecule has 15 heavy (non-hydrogen) atoms. The van der Waals surface area contributed by atoms with Crippen LogP contribution in [0.1, 0.15) is 33.1 Å². The summed E-state index contributed by atoms with van der Waals surface area (Å²) in [6, 6.07) is 0. The number of hydrogen-bond acceptors (Lipinski definition) is 2. The maximum atomic E-state index is 11.8. The second-order valence-electron chi connectivity index (χ2n) is 3.90. The second kappa shape index (κ2) is 6.56. The van der Waals surface area contributed by atoms with E-state index >= 15 is 0 Å². The largest absolute Gasteiger partial charge is 1.00 e. The highest BCUT2D eigenvalue weighted by atomic mass is 35.5. The summed E-state index contributed by atoms with van der Waals surface area (Å²) in [6.45, 7) is 6.32. The Morgan fingerprint density at radius 3 is 2.33 bits per heavy atom. The van der Waals surface area contributed by atoms with Gasteiger partial charge in [-0.15, -0.1) is 0 Å². The third kappa shape index (κ3) is 3.82. The van der Waals surface area contributed by atoms with Crippen molar-refractivity contribution in [1.29, 1.82) is 0 Å². The zero-order valence-corrected chi connectivity index (χ0v) is 10.9. The lowest BCUT2D eigenvalue weighted by Gasteiger charge is -2.36. The number of likely N-dealkylation sites (tertiary alicyclic amines) is 1. The van der Waals surface area contributed by atoms with Crippen LogP contribution in [0.4, 0.5) is 4.79 Å². The monoisotopic (exact) mass is 255 g/mol. The number of amides is 1. The second-order valence-corrected chi connectivity index (χ2v) is 4.51. The minimum Gasteiger partial charge on any atom is -1.00 e. The lowest BCUT2D eigenvalue weighted by molar-refractivity contribution is -0.861. The predicted molar refractivity (Wildman–Crippen MR) is 56.2 cm³/mol. The summed E-state index contributed by atoms with van der Waals surface area (Å²) < 4.78 is 5.54. The fraction of sp³-hybridized carbons (Fsp3) is 0.900. The van der Waals surface area contributed by atoms with Gasteiger partial charge in [0.2, 0.25) is 0 Å². The fourth-order valence-electron chi connectivity index (χ4n) is 2.00. The number of carbonyl (C=O) groups excluding carboxylic acids is 1. The van der Waals surface area contributed by atoms with Crippen LogP contribution in [0.5, 0.6) is 0 Å². The molecular formula is C10H19Cl2NO2. The van der Waals surface area contributed by atoms with E-state index in [1.165, 1.54) is 6.42 Å². The number of halogens is 2. The van der Waals surface area contributed by atoms with Crippen LogP contribution in [0.25, 0.3) is 0 Å². The number of alkyl halides is 1. The van der Waals surface area contributed by atoms with E-state index in [2.05, 4.69) is 0 Å². The van der Waals surface area contributed by atoms with Crippen molar-refractivity contribution in [1.82, 2.24) is 0 Å². The molecule has 1 aliphatic rings. The van der Waals surface area contributed by atoms with Crippen molar-refractivity contribution in [2.45, 2.75) is 38.7 Å². The minimum atomic E-state index is -0.522. The van der Waals surface area contributed by atoms with Gasteiger partial charge in [-0.3, -0.25) is 0 Å². The molecule has 0 aromatic carbocycles. The van der Waals surface area contributed by atoms with E-state index < -0.39 is 5.56 Å². The van der Waals surface area contributed by atoms with E-state index in [1.807, 2.05) is 6.92 Å². The van der Waals surface area contributed by atoms with E-state index in [4.69, 9.17) is 16.3 Å². The molecule has 0 spiro atoms. The third-order valence-corrected chi connectivity index (χ3v) is 3.02. The quantitative estimate of drug-likeness (QED) is 0.502. The van der Waals surface area contributed by atoms with Crippen LogP contribution in [-0.2, 0) is 4.74 Å². The summed E-state index contributed by atoms with van der Waals surface area (Å²) in [5.74, 6) is 0. The maximum absolute atomic E-state index is 11.8. The fourth-order valence-corrected chi connectivity index (χ4v) is 2.07. The highest BCUT2D eigenvalue weighted by Gasteiger charge is 2.38. The normalized spacial score (nSPS) is 21.3. The van der Waals surface area contributed by atoms with E-state index in [9.17, 15) is 4.79 Å². The van der Waals surface area contributed by atoms with Crippen LogP contribution in [0.2, 0.25) is 0 Å². The smallest absolute Gasteiger partial charge is 0.517 e. The number of carbonyl (C=O) groups is 1. The van der Waals surface area contributed by atoms with Gasteiger partial charge < -0.3 is 17.1 Å². The van der Waals surface area contributed by atoms with E-state index in [0.717, 1.165) is 32.5 Å². The summed E-state index contributed by atoms with van der Waals surface area (Å²) in [5.41, 5.74) is -0.522. The third-order valence-electron chi connectivity index (χ3n) is 2.93. The molecule has 0 aromatic heterocycles. The van der Waals surface area contributed by atoms with Crippen LogP contribution < -0.4 is 12.4 Å². The van der Waals surface area contributed by atoms with Crippen LogP contribution in [0, 0.1) is 0 Å². The standard InChI is InChI=1S/C10H19ClNO2.ClH/c1-3-12(7-5-4-6-8-12)10(13)14-9(2)11;/h9H,3-8H2,1-2H3;1H/q+1;/p-1. The Morgan fingerprint density at radius 2 is 1.93 bits per heavy atom. The molecule has 1 heterocycles. The first-order valence-corrected chi connectivity index (χ1v) is 5.76. The summed E-state index contributed by atoms with van der Waals surface area (Å²) in [6.07, 6.45) is 3.29. The summed E-state index contributed by atoms with van der Waals surface area (Å²) in [7, 11) is 0. The van der Waals surface area contributed by atoms with Gasteiger partial charge in [-0.05, 0) is 33.1 Å². The average Bonchev–Trinajstić information content (AvgIpc) is 2.18. The zero-order chi connectivity index (χ0) is 10.6. The van der Waals surface area contributed by atoms with E-state index in [-0.39, 0.29) is 18.5 Å². The van der Waals surface area contributed by atoms with Crippen LogP contribution in [0.3, 0.4) is 0 Å². The molecular weight excluding hydrogens is 237 g/mol. The van der Waals surface area contributed by atoms with Crippen molar-refractivity contribution in [3.05, 3.63) is 0 Å². The SMILES string of the molecule is CC[N+]1(C(=O)OC(C)Cl)CCCCC1.[Cl-]. The van der Waals surface area contributed by atoms with Crippen molar-refractivity contribution in [3.8, 4) is 0 Å². The molecule has 0 bridgehead atoms. The van der Waals surface area contributed by atoms with Crippen LogP contribution in [0.15, 0.2) is 0 Å². The number of rotatable bonds is 2. The average molecular weight is 256 g/mol. The summed E-state index contributed by atoms with van der Waals surface area (Å²) in [5, 5.41) is 0. The molecule has 1 unspecified atom stereocenters. The van der Waals surface area contributed by atoms with E-state index in [1.54, 1.807) is 6.92 Å². The van der Waals surface area contributed by atoms with Gasteiger partial charge in [0.25, 0.3) is 0 Å². The van der Waals surface area contributed by atoms with Gasteiger partial charge in [-0.1, -0.05) is 11.6 Å². The molecule has 1 atom stereocenters. The molecule has 0 aliphatic carbocycles.